The van der Waals surface area contributed by atoms with Crippen molar-refractivity contribution in [2.24, 2.45) is 7.05 Å². The van der Waals surface area contributed by atoms with E-state index in [0.717, 1.165) is 50.6 Å². The van der Waals surface area contributed by atoms with Crippen molar-refractivity contribution in [3.05, 3.63) is 65.4 Å². The summed E-state index contributed by atoms with van der Waals surface area (Å²) in [5.74, 6) is 2.11. The van der Waals surface area contributed by atoms with Crippen LogP contribution in [0.1, 0.15) is 16.8 Å². The monoisotopic (exact) mass is 449 g/mol. The van der Waals surface area contributed by atoms with Crippen LogP contribution in [0.2, 0.25) is 0 Å². The number of ether oxygens (including phenoxy) is 3. The van der Waals surface area contributed by atoms with Gasteiger partial charge in [-0.1, -0.05) is 36.4 Å². The summed E-state index contributed by atoms with van der Waals surface area (Å²) in [6.45, 7) is 8.18. The van der Waals surface area contributed by atoms with Gasteiger partial charge in [0.1, 0.15) is 0 Å². The summed E-state index contributed by atoms with van der Waals surface area (Å²) in [6, 6.07) is 17.0. The minimum absolute atomic E-state index is 0.657. The zero-order valence-electron chi connectivity index (χ0n) is 20.4. The van der Waals surface area contributed by atoms with Gasteiger partial charge in [0.2, 0.25) is 5.75 Å². The Hall–Kier alpha value is -2.96. The van der Waals surface area contributed by atoms with Crippen LogP contribution >= 0.6 is 0 Å². The molecule has 2 heterocycles. The van der Waals surface area contributed by atoms with E-state index in [-0.39, 0.29) is 0 Å². The molecule has 0 aliphatic carbocycles. The van der Waals surface area contributed by atoms with Gasteiger partial charge in [0.25, 0.3) is 0 Å². The third-order valence-corrected chi connectivity index (χ3v) is 6.75. The van der Waals surface area contributed by atoms with E-state index in [1.165, 1.54) is 22.5 Å². The van der Waals surface area contributed by atoms with E-state index in [0.29, 0.717) is 11.5 Å². The number of aromatic nitrogens is 1. The fraction of sp³-hybridized carbons (Fsp3) is 0.407. The summed E-state index contributed by atoms with van der Waals surface area (Å²) < 4.78 is 18.9. The highest BCUT2D eigenvalue weighted by atomic mass is 16.5. The normalized spacial score (nSPS) is 14.9. The van der Waals surface area contributed by atoms with Crippen molar-refractivity contribution in [3.63, 3.8) is 0 Å². The molecule has 0 unspecified atom stereocenters. The number of hydrogen-bond acceptors (Lipinski definition) is 5. The number of nitrogens with zero attached hydrogens (tertiary/aromatic N) is 3. The van der Waals surface area contributed by atoms with Crippen LogP contribution in [-0.4, -0.2) is 61.9 Å². The molecule has 176 valence electrons. The van der Waals surface area contributed by atoms with Crippen LogP contribution < -0.4 is 14.2 Å². The lowest BCUT2D eigenvalue weighted by molar-refractivity contribution is 0.121. The smallest absolute Gasteiger partial charge is 0.203 e. The van der Waals surface area contributed by atoms with Gasteiger partial charge in [-0.3, -0.25) is 9.80 Å². The van der Waals surface area contributed by atoms with E-state index in [1.807, 2.05) is 6.07 Å². The maximum Gasteiger partial charge on any atom is 0.203 e. The Morgan fingerprint density at radius 1 is 0.727 bits per heavy atom. The van der Waals surface area contributed by atoms with Crippen molar-refractivity contribution in [1.29, 1.82) is 0 Å². The molecule has 2 aromatic carbocycles. The number of piperazine rings is 1. The standard InChI is InChI=1S/C27H35N3O3/c1-20-23(17-24(28(20)2)21-9-7-6-8-10-21)19-30-15-13-29(14-16-30)18-22-11-12-25(31-3)27(33-5)26(22)32-4/h6-12,17H,13-16,18-19H2,1-5H3. The van der Waals surface area contributed by atoms with Gasteiger partial charge in [0.15, 0.2) is 11.5 Å². The lowest BCUT2D eigenvalue weighted by atomic mass is 10.1. The van der Waals surface area contributed by atoms with Crippen LogP contribution in [0.3, 0.4) is 0 Å². The SMILES string of the molecule is COc1ccc(CN2CCN(Cc3cc(-c4ccccc4)n(C)c3C)CC2)c(OC)c1OC. The van der Waals surface area contributed by atoms with Crippen molar-refractivity contribution in [2.45, 2.75) is 20.0 Å². The molecular formula is C27H35N3O3. The molecule has 1 fully saturated rings. The van der Waals surface area contributed by atoms with Gasteiger partial charge in [-0.25, -0.2) is 0 Å². The largest absolute Gasteiger partial charge is 0.493 e. The Balaban J connectivity index is 1.40. The first-order valence-electron chi connectivity index (χ1n) is 11.5. The summed E-state index contributed by atoms with van der Waals surface area (Å²) >= 11 is 0. The maximum absolute atomic E-state index is 5.67. The van der Waals surface area contributed by atoms with Crippen molar-refractivity contribution in [2.75, 3.05) is 47.5 Å². The second-order valence-electron chi connectivity index (χ2n) is 8.61. The summed E-state index contributed by atoms with van der Waals surface area (Å²) in [5.41, 5.74) is 6.41. The summed E-state index contributed by atoms with van der Waals surface area (Å²) in [7, 11) is 7.14. The Morgan fingerprint density at radius 3 is 1.91 bits per heavy atom. The average Bonchev–Trinajstić information content (AvgIpc) is 3.13. The molecule has 1 saturated heterocycles. The maximum atomic E-state index is 5.67. The lowest BCUT2D eigenvalue weighted by Crippen LogP contribution is -2.45. The van der Waals surface area contributed by atoms with Crippen LogP contribution in [0.15, 0.2) is 48.5 Å². The molecule has 3 aromatic rings. The van der Waals surface area contributed by atoms with Crippen molar-refractivity contribution in [1.82, 2.24) is 14.4 Å². The Kier molecular flexibility index (Phi) is 7.26. The van der Waals surface area contributed by atoms with Crippen LogP contribution in [0.25, 0.3) is 11.3 Å². The second kappa shape index (κ2) is 10.3. The van der Waals surface area contributed by atoms with Gasteiger partial charge < -0.3 is 18.8 Å². The van der Waals surface area contributed by atoms with Gasteiger partial charge in [-0.15, -0.1) is 0 Å². The van der Waals surface area contributed by atoms with E-state index in [4.69, 9.17) is 14.2 Å². The number of methoxy groups -OCH3 is 3. The zero-order chi connectivity index (χ0) is 23.4. The van der Waals surface area contributed by atoms with Crippen LogP contribution in [0.4, 0.5) is 0 Å². The van der Waals surface area contributed by atoms with Crippen LogP contribution in [0, 0.1) is 6.92 Å². The molecule has 0 bridgehead atoms. The van der Waals surface area contributed by atoms with Crippen LogP contribution in [-0.2, 0) is 20.1 Å². The van der Waals surface area contributed by atoms with Gasteiger partial charge in [-0.2, -0.15) is 0 Å². The molecule has 6 heteroatoms. The molecule has 0 spiro atoms. The van der Waals surface area contributed by atoms with E-state index in [1.54, 1.807) is 21.3 Å². The van der Waals surface area contributed by atoms with Gasteiger partial charge in [-0.05, 0) is 30.2 Å². The van der Waals surface area contributed by atoms with E-state index in [9.17, 15) is 0 Å². The average molecular weight is 450 g/mol. The molecular weight excluding hydrogens is 414 g/mol. The van der Waals surface area contributed by atoms with Crippen molar-refractivity contribution in [3.8, 4) is 28.5 Å². The highest BCUT2D eigenvalue weighted by molar-refractivity contribution is 5.62. The molecule has 6 nitrogen and oxygen atoms in total. The predicted octanol–water partition coefficient (Wildman–Crippen LogP) is 4.34. The fourth-order valence-corrected chi connectivity index (χ4v) is 4.68. The molecule has 1 aliphatic rings. The van der Waals surface area contributed by atoms with Gasteiger partial charge in [0.05, 0.1) is 21.3 Å². The van der Waals surface area contributed by atoms with Crippen molar-refractivity contribution >= 4 is 0 Å². The number of rotatable bonds is 8. The Morgan fingerprint density at radius 2 is 1.33 bits per heavy atom. The molecule has 33 heavy (non-hydrogen) atoms. The minimum atomic E-state index is 0.657. The summed E-state index contributed by atoms with van der Waals surface area (Å²) in [5, 5.41) is 0. The third kappa shape index (κ3) is 4.87. The predicted molar refractivity (Wildman–Crippen MR) is 132 cm³/mol. The summed E-state index contributed by atoms with van der Waals surface area (Å²) in [6.07, 6.45) is 0. The number of hydrogen-bond donors (Lipinski definition) is 0. The molecule has 1 aliphatic heterocycles. The van der Waals surface area contributed by atoms with Crippen molar-refractivity contribution < 1.29 is 14.2 Å². The topological polar surface area (TPSA) is 39.1 Å². The van der Waals surface area contributed by atoms with E-state index < -0.39 is 0 Å². The first-order valence-corrected chi connectivity index (χ1v) is 11.5. The molecule has 0 N–H and O–H groups in total. The first kappa shape index (κ1) is 23.2. The molecule has 0 saturated carbocycles. The third-order valence-electron chi connectivity index (χ3n) is 6.75. The highest BCUT2D eigenvalue weighted by Gasteiger charge is 2.22. The first-order chi connectivity index (χ1) is 16.0. The minimum Gasteiger partial charge on any atom is -0.493 e. The second-order valence-corrected chi connectivity index (χ2v) is 8.61. The molecule has 0 radical (unpaired) electrons. The van der Waals surface area contributed by atoms with E-state index >= 15 is 0 Å². The number of benzene rings is 2. The summed E-state index contributed by atoms with van der Waals surface area (Å²) in [4.78, 5) is 5.03. The molecule has 4 rings (SSSR count). The lowest BCUT2D eigenvalue weighted by Gasteiger charge is -2.35. The Bertz CT molecular complexity index is 1070. The molecule has 0 atom stereocenters. The highest BCUT2D eigenvalue weighted by Crippen LogP contribution is 2.40. The molecule has 0 amide bonds. The zero-order valence-corrected chi connectivity index (χ0v) is 20.4. The molecule has 1 aromatic heterocycles. The van der Waals surface area contributed by atoms with Gasteiger partial charge >= 0.3 is 0 Å². The quantitative estimate of drug-likeness (QED) is 0.511. The van der Waals surface area contributed by atoms with Crippen LogP contribution in [0.5, 0.6) is 17.2 Å². The fourth-order valence-electron chi connectivity index (χ4n) is 4.68. The van der Waals surface area contributed by atoms with Gasteiger partial charge in [0, 0.05) is 63.3 Å². The Labute approximate surface area is 197 Å². The van der Waals surface area contributed by atoms with E-state index in [2.05, 4.69) is 70.8 Å².